The van der Waals surface area contributed by atoms with E-state index in [9.17, 15) is 0 Å². The van der Waals surface area contributed by atoms with Gasteiger partial charge in [0.25, 0.3) is 0 Å². The van der Waals surface area contributed by atoms with Gasteiger partial charge in [-0.1, -0.05) is 15.9 Å². The number of aliphatic imine (C=N–C) groups is 1. The van der Waals surface area contributed by atoms with Crippen molar-refractivity contribution in [3.05, 3.63) is 28.7 Å². The van der Waals surface area contributed by atoms with Crippen LogP contribution < -0.4 is 16.0 Å². The zero-order chi connectivity index (χ0) is 15.9. The summed E-state index contributed by atoms with van der Waals surface area (Å²) in [6.07, 6.45) is 1.15. The van der Waals surface area contributed by atoms with Crippen molar-refractivity contribution in [2.45, 2.75) is 19.4 Å². The van der Waals surface area contributed by atoms with Crippen LogP contribution >= 0.6 is 39.9 Å². The van der Waals surface area contributed by atoms with Gasteiger partial charge in [-0.05, 0) is 43.5 Å². The molecule has 130 valence electrons. The summed E-state index contributed by atoms with van der Waals surface area (Å²) in [7, 11) is 1.68. The number of guanidine groups is 1. The van der Waals surface area contributed by atoms with E-state index in [1.165, 1.54) is 5.69 Å². The lowest BCUT2D eigenvalue weighted by atomic mass is 10.1. The molecule has 0 saturated carbocycles. The summed E-state index contributed by atoms with van der Waals surface area (Å²) < 4.78 is 6.18. The third-order valence-corrected chi connectivity index (χ3v) is 4.34. The second-order valence-corrected chi connectivity index (χ2v) is 6.72. The zero-order valence-corrected chi connectivity index (χ0v) is 17.6. The molecule has 0 spiro atoms. The summed E-state index contributed by atoms with van der Waals surface area (Å²) in [5, 5.41) is 3.14. The molecular weight excluding hydrogens is 471 g/mol. The minimum atomic E-state index is 0. The molecule has 5 nitrogen and oxygen atoms in total. The Morgan fingerprint density at radius 3 is 2.83 bits per heavy atom. The Bertz CT molecular complexity index is 497. The molecule has 1 aromatic carbocycles. The summed E-state index contributed by atoms with van der Waals surface area (Å²) >= 11 is 3.47. The molecule has 0 amide bonds. The number of rotatable bonds is 6. The highest BCUT2D eigenvalue weighted by Crippen LogP contribution is 2.25. The van der Waals surface area contributed by atoms with Crippen molar-refractivity contribution >= 4 is 51.6 Å². The van der Waals surface area contributed by atoms with Crippen LogP contribution in [0.2, 0.25) is 0 Å². The van der Waals surface area contributed by atoms with E-state index < -0.39 is 0 Å². The molecule has 0 bridgehead atoms. The van der Waals surface area contributed by atoms with Gasteiger partial charge in [-0.15, -0.1) is 24.0 Å². The second-order valence-electron chi connectivity index (χ2n) is 5.80. The van der Waals surface area contributed by atoms with E-state index in [1.807, 2.05) is 6.92 Å². The maximum atomic E-state index is 5.91. The second kappa shape index (κ2) is 10.4. The highest BCUT2D eigenvalue weighted by molar-refractivity contribution is 14.0. The molecule has 0 aliphatic carbocycles. The first kappa shape index (κ1) is 20.5. The van der Waals surface area contributed by atoms with Crippen LogP contribution in [0.1, 0.15) is 13.3 Å². The topological polar surface area (TPSA) is 62.9 Å². The first-order valence-electron chi connectivity index (χ1n) is 7.64. The predicted octanol–water partition coefficient (Wildman–Crippen LogP) is 2.83. The smallest absolute Gasteiger partial charge is 0.188 e. The van der Waals surface area contributed by atoms with Gasteiger partial charge in [-0.2, -0.15) is 0 Å². The molecule has 1 aliphatic heterocycles. The van der Waals surface area contributed by atoms with Crippen molar-refractivity contribution in [2.24, 2.45) is 16.6 Å². The summed E-state index contributed by atoms with van der Waals surface area (Å²) in [5.41, 5.74) is 7.18. The number of hydrogen-bond acceptors (Lipinski definition) is 3. The third-order valence-electron chi connectivity index (χ3n) is 3.81. The van der Waals surface area contributed by atoms with Crippen LogP contribution in [0.15, 0.2) is 33.7 Å². The molecule has 0 radical (unpaired) electrons. The average molecular weight is 497 g/mol. The maximum absolute atomic E-state index is 5.91. The van der Waals surface area contributed by atoms with E-state index in [0.717, 1.165) is 30.5 Å². The van der Waals surface area contributed by atoms with E-state index >= 15 is 0 Å². The van der Waals surface area contributed by atoms with Crippen LogP contribution in [0.5, 0.6) is 0 Å². The molecule has 1 heterocycles. The zero-order valence-electron chi connectivity index (χ0n) is 13.7. The van der Waals surface area contributed by atoms with Crippen LogP contribution in [0.3, 0.4) is 0 Å². The van der Waals surface area contributed by atoms with E-state index in [1.54, 1.807) is 7.11 Å². The fourth-order valence-corrected chi connectivity index (χ4v) is 2.95. The Morgan fingerprint density at radius 2 is 2.17 bits per heavy atom. The minimum absolute atomic E-state index is 0. The fraction of sp³-hybridized carbons (Fsp3) is 0.562. The van der Waals surface area contributed by atoms with E-state index in [-0.39, 0.29) is 30.0 Å². The quantitative estimate of drug-likeness (QED) is 0.361. The van der Waals surface area contributed by atoms with Crippen LogP contribution in [-0.2, 0) is 4.74 Å². The van der Waals surface area contributed by atoms with Crippen LogP contribution in [0.4, 0.5) is 5.69 Å². The summed E-state index contributed by atoms with van der Waals surface area (Å²) in [5.74, 6) is 1.06. The van der Waals surface area contributed by atoms with Gasteiger partial charge in [0, 0.05) is 42.9 Å². The molecule has 2 rings (SSSR count). The molecular formula is C16H26BrIN4O. The number of nitrogens with zero attached hydrogens (tertiary/aromatic N) is 2. The third kappa shape index (κ3) is 6.84. The van der Waals surface area contributed by atoms with E-state index in [0.29, 0.717) is 18.5 Å². The molecule has 1 aliphatic rings. The number of hydrogen-bond donors (Lipinski definition) is 2. The first-order chi connectivity index (χ1) is 10.6. The number of methoxy groups -OCH3 is 1. The summed E-state index contributed by atoms with van der Waals surface area (Å²) in [6.45, 7) is 5.53. The van der Waals surface area contributed by atoms with E-state index in [2.05, 4.69) is 55.4 Å². The monoisotopic (exact) mass is 496 g/mol. The minimum Gasteiger partial charge on any atom is -0.383 e. The Hall–Kier alpha value is -0.540. The highest BCUT2D eigenvalue weighted by Gasteiger charge is 2.22. The van der Waals surface area contributed by atoms with E-state index in [4.69, 9.17) is 10.5 Å². The van der Waals surface area contributed by atoms with Gasteiger partial charge < -0.3 is 20.7 Å². The van der Waals surface area contributed by atoms with Crippen molar-refractivity contribution in [1.82, 2.24) is 5.32 Å². The van der Waals surface area contributed by atoms with Crippen molar-refractivity contribution in [3.63, 3.8) is 0 Å². The fourth-order valence-electron chi connectivity index (χ4n) is 2.69. The molecule has 1 aromatic rings. The Labute approximate surface area is 164 Å². The molecule has 3 N–H and O–H groups in total. The Balaban J connectivity index is 0.00000264. The first-order valence-corrected chi connectivity index (χ1v) is 8.43. The molecule has 1 fully saturated rings. The van der Waals surface area contributed by atoms with Crippen LogP contribution in [0.25, 0.3) is 0 Å². The molecule has 0 aromatic heterocycles. The number of halogens is 2. The maximum Gasteiger partial charge on any atom is 0.188 e. The van der Waals surface area contributed by atoms with Gasteiger partial charge >= 0.3 is 0 Å². The lowest BCUT2D eigenvalue weighted by Crippen LogP contribution is -2.41. The van der Waals surface area contributed by atoms with Gasteiger partial charge in [-0.25, -0.2) is 0 Å². The normalized spacial score (nSPS) is 19.3. The van der Waals surface area contributed by atoms with Crippen molar-refractivity contribution < 1.29 is 4.74 Å². The van der Waals surface area contributed by atoms with Gasteiger partial charge in [0.05, 0.1) is 6.61 Å². The van der Waals surface area contributed by atoms with Crippen molar-refractivity contribution in [2.75, 3.05) is 38.3 Å². The van der Waals surface area contributed by atoms with Crippen LogP contribution in [0, 0.1) is 5.92 Å². The van der Waals surface area contributed by atoms with Gasteiger partial charge in [-0.3, -0.25) is 4.99 Å². The SMILES string of the molecule is COCC(C)NC(N)=NCC1CCN(c2ccc(Br)cc2)C1.I. The lowest BCUT2D eigenvalue weighted by molar-refractivity contribution is 0.179. The molecule has 23 heavy (non-hydrogen) atoms. The highest BCUT2D eigenvalue weighted by atomic mass is 127. The predicted molar refractivity (Wildman–Crippen MR) is 111 cm³/mol. The summed E-state index contributed by atoms with van der Waals surface area (Å²) in [6, 6.07) is 8.65. The lowest BCUT2D eigenvalue weighted by Gasteiger charge is -2.18. The molecule has 7 heteroatoms. The largest absolute Gasteiger partial charge is 0.383 e. The summed E-state index contributed by atoms with van der Waals surface area (Å²) in [4.78, 5) is 6.87. The standard InChI is InChI=1S/C16H25BrN4O.HI/c1-12(11-22-2)20-16(18)19-9-13-7-8-21(10-13)15-5-3-14(17)4-6-15;/h3-6,12-13H,7-11H2,1-2H3,(H3,18,19,20);1H. The van der Waals surface area contributed by atoms with Crippen LogP contribution in [-0.4, -0.2) is 45.4 Å². The molecule has 1 saturated heterocycles. The number of benzene rings is 1. The van der Waals surface area contributed by atoms with Gasteiger partial charge in [0.1, 0.15) is 0 Å². The number of nitrogens with one attached hydrogen (secondary N) is 1. The molecule has 2 atom stereocenters. The number of nitrogens with two attached hydrogens (primary N) is 1. The average Bonchev–Trinajstić information content (AvgIpc) is 2.95. The van der Waals surface area contributed by atoms with Gasteiger partial charge in [0.15, 0.2) is 5.96 Å². The number of ether oxygens (including phenoxy) is 1. The Morgan fingerprint density at radius 1 is 1.48 bits per heavy atom. The van der Waals surface area contributed by atoms with Crippen molar-refractivity contribution in [3.8, 4) is 0 Å². The van der Waals surface area contributed by atoms with Gasteiger partial charge in [0.2, 0.25) is 0 Å². The molecule has 2 unspecified atom stereocenters. The number of anilines is 1. The van der Waals surface area contributed by atoms with Crippen molar-refractivity contribution in [1.29, 1.82) is 0 Å². The Kier molecular flexibility index (Phi) is 9.23.